The van der Waals surface area contributed by atoms with Gasteiger partial charge in [0.2, 0.25) is 0 Å². The number of allylic oxidation sites excluding steroid dienone is 1. The van der Waals surface area contributed by atoms with Gasteiger partial charge in [-0.2, -0.15) is 0 Å². The Morgan fingerprint density at radius 2 is 2.00 bits per heavy atom. The predicted octanol–water partition coefficient (Wildman–Crippen LogP) is 3.49. The lowest BCUT2D eigenvalue weighted by Crippen LogP contribution is -2.40. The first kappa shape index (κ1) is 22.8. The van der Waals surface area contributed by atoms with Crippen molar-refractivity contribution in [3.63, 3.8) is 0 Å². The van der Waals surface area contributed by atoms with Crippen LogP contribution < -0.4 is 19.6 Å². The highest BCUT2D eigenvalue weighted by atomic mass is 32.1. The lowest BCUT2D eigenvalue weighted by molar-refractivity contribution is -0.139. The van der Waals surface area contributed by atoms with Gasteiger partial charge >= 0.3 is 5.97 Å². The number of ether oxygens (including phenoxy) is 2. The highest BCUT2D eigenvalue weighted by molar-refractivity contribution is 7.07. The molecular weight excluding hydrogens is 440 g/mol. The second-order valence-electron chi connectivity index (χ2n) is 7.96. The molecule has 1 atom stereocenters. The van der Waals surface area contributed by atoms with Crippen LogP contribution in [0.4, 0.5) is 0 Å². The van der Waals surface area contributed by atoms with E-state index in [2.05, 4.69) is 4.99 Å². The number of hydrogen-bond acceptors (Lipinski definition) is 7. The van der Waals surface area contributed by atoms with E-state index in [-0.39, 0.29) is 18.3 Å². The molecule has 1 aliphatic rings. The van der Waals surface area contributed by atoms with Crippen LogP contribution in [-0.4, -0.2) is 23.2 Å². The van der Waals surface area contributed by atoms with Gasteiger partial charge in [0.25, 0.3) is 5.56 Å². The molecule has 1 aliphatic heterocycles. The van der Waals surface area contributed by atoms with Gasteiger partial charge in [-0.1, -0.05) is 29.5 Å². The number of hydrogen-bond donors (Lipinski definition) is 0. The fourth-order valence-corrected chi connectivity index (χ4v) is 4.84. The number of fused-ring (bicyclic) bond motifs is 1. The first-order valence-electron chi connectivity index (χ1n) is 10.8. The van der Waals surface area contributed by atoms with Crippen LogP contribution in [-0.2, 0) is 9.53 Å². The third kappa shape index (κ3) is 4.43. The number of para-hydroxylation sites is 1. The van der Waals surface area contributed by atoms with Crippen molar-refractivity contribution in [1.29, 1.82) is 0 Å². The highest BCUT2D eigenvalue weighted by Crippen LogP contribution is 2.36. The van der Waals surface area contributed by atoms with Gasteiger partial charge in [0.15, 0.2) is 4.80 Å². The molecule has 4 rings (SSSR count). The van der Waals surface area contributed by atoms with E-state index in [1.807, 2.05) is 57.2 Å². The minimum atomic E-state index is -0.726. The maximum absolute atomic E-state index is 13.6. The zero-order chi connectivity index (χ0) is 23.7. The SMILES string of the molecule is CCOC(=O)C1=C(C)N=c2s/c(=C/c3ccc(C)o3)c(=O)n2[C@@H]1c1ccccc1OC(C)C. The summed E-state index contributed by atoms with van der Waals surface area (Å²) in [6.07, 6.45) is 1.62. The van der Waals surface area contributed by atoms with Crippen molar-refractivity contribution >= 4 is 23.4 Å². The summed E-state index contributed by atoms with van der Waals surface area (Å²) < 4.78 is 19.0. The normalized spacial score (nSPS) is 16.1. The van der Waals surface area contributed by atoms with Gasteiger partial charge in [-0.05, 0) is 52.8 Å². The summed E-state index contributed by atoms with van der Waals surface area (Å²) in [5, 5.41) is 0. The van der Waals surface area contributed by atoms with Gasteiger partial charge in [-0.15, -0.1) is 0 Å². The molecule has 33 heavy (non-hydrogen) atoms. The second kappa shape index (κ2) is 9.23. The van der Waals surface area contributed by atoms with E-state index in [9.17, 15) is 9.59 Å². The molecule has 7 nitrogen and oxygen atoms in total. The van der Waals surface area contributed by atoms with Gasteiger partial charge in [-0.25, -0.2) is 9.79 Å². The smallest absolute Gasteiger partial charge is 0.338 e. The van der Waals surface area contributed by atoms with Crippen molar-refractivity contribution < 1.29 is 18.7 Å². The van der Waals surface area contributed by atoms with E-state index >= 15 is 0 Å². The van der Waals surface area contributed by atoms with E-state index in [0.717, 1.165) is 5.76 Å². The molecule has 172 valence electrons. The average Bonchev–Trinajstić information content (AvgIpc) is 3.30. The summed E-state index contributed by atoms with van der Waals surface area (Å²) in [4.78, 5) is 31.7. The number of furan rings is 1. The molecule has 1 aromatic carbocycles. The molecule has 0 aliphatic carbocycles. The monoisotopic (exact) mass is 466 g/mol. The van der Waals surface area contributed by atoms with Gasteiger partial charge < -0.3 is 13.9 Å². The number of aryl methyl sites for hydroxylation is 1. The second-order valence-corrected chi connectivity index (χ2v) is 8.96. The molecule has 3 aromatic rings. The average molecular weight is 467 g/mol. The molecule has 0 bridgehead atoms. The van der Waals surface area contributed by atoms with Crippen molar-refractivity contribution in [3.05, 3.63) is 84.4 Å². The predicted molar refractivity (Wildman–Crippen MR) is 126 cm³/mol. The highest BCUT2D eigenvalue weighted by Gasteiger charge is 2.35. The van der Waals surface area contributed by atoms with Crippen LogP contribution in [0, 0.1) is 6.92 Å². The Balaban J connectivity index is 1.98. The lowest BCUT2D eigenvalue weighted by atomic mass is 9.95. The third-order valence-corrected chi connectivity index (χ3v) is 6.11. The molecule has 0 N–H and O–H groups in total. The van der Waals surface area contributed by atoms with Crippen LogP contribution >= 0.6 is 11.3 Å². The number of rotatable bonds is 6. The summed E-state index contributed by atoms with van der Waals surface area (Å²) in [7, 11) is 0. The Kier molecular flexibility index (Phi) is 6.37. The number of benzene rings is 1. The number of carbonyl (C=O) groups excluding carboxylic acids is 1. The Morgan fingerprint density at radius 1 is 1.24 bits per heavy atom. The summed E-state index contributed by atoms with van der Waals surface area (Å²) in [6, 6.07) is 10.4. The first-order valence-corrected chi connectivity index (χ1v) is 11.6. The Hall–Kier alpha value is -3.39. The fourth-order valence-electron chi connectivity index (χ4n) is 3.81. The lowest BCUT2D eigenvalue weighted by Gasteiger charge is -2.26. The quantitative estimate of drug-likeness (QED) is 0.520. The van der Waals surface area contributed by atoms with Crippen molar-refractivity contribution in [3.8, 4) is 5.75 Å². The van der Waals surface area contributed by atoms with Crippen LogP contribution in [0.3, 0.4) is 0 Å². The number of esters is 1. The van der Waals surface area contributed by atoms with Crippen molar-refractivity contribution in [2.45, 2.75) is 46.8 Å². The van der Waals surface area contributed by atoms with Gasteiger partial charge in [0.1, 0.15) is 23.3 Å². The molecule has 0 saturated carbocycles. The van der Waals surface area contributed by atoms with Crippen LogP contribution in [0.2, 0.25) is 0 Å². The summed E-state index contributed by atoms with van der Waals surface area (Å²) >= 11 is 1.26. The molecule has 0 fully saturated rings. The van der Waals surface area contributed by atoms with Gasteiger partial charge in [-0.3, -0.25) is 9.36 Å². The summed E-state index contributed by atoms with van der Waals surface area (Å²) in [6.45, 7) is 9.44. The van der Waals surface area contributed by atoms with E-state index < -0.39 is 12.0 Å². The minimum Gasteiger partial charge on any atom is -0.491 e. The molecule has 8 heteroatoms. The van der Waals surface area contributed by atoms with E-state index in [0.29, 0.717) is 37.7 Å². The maximum Gasteiger partial charge on any atom is 0.338 e. The number of carbonyl (C=O) groups is 1. The fraction of sp³-hybridized carbons (Fsp3) is 0.320. The molecular formula is C25H26N2O5S. The van der Waals surface area contributed by atoms with E-state index in [1.165, 1.54) is 11.3 Å². The van der Waals surface area contributed by atoms with Crippen LogP contribution in [0.1, 0.15) is 50.8 Å². The number of aromatic nitrogens is 1. The zero-order valence-electron chi connectivity index (χ0n) is 19.2. The maximum atomic E-state index is 13.6. The van der Waals surface area contributed by atoms with E-state index in [1.54, 1.807) is 24.5 Å². The number of nitrogens with zero attached hydrogens (tertiary/aromatic N) is 2. The first-order chi connectivity index (χ1) is 15.8. The number of thiazole rings is 1. The molecule has 2 aromatic heterocycles. The summed E-state index contributed by atoms with van der Waals surface area (Å²) in [5.41, 5.74) is 1.28. The van der Waals surface area contributed by atoms with Crippen LogP contribution in [0.5, 0.6) is 5.75 Å². The topological polar surface area (TPSA) is 83.0 Å². The van der Waals surface area contributed by atoms with Crippen molar-refractivity contribution in [1.82, 2.24) is 4.57 Å². The van der Waals surface area contributed by atoms with Crippen LogP contribution in [0.15, 0.2) is 61.9 Å². The van der Waals surface area contributed by atoms with Gasteiger partial charge in [0.05, 0.1) is 28.5 Å². The molecule has 0 radical (unpaired) electrons. The standard InChI is InChI=1S/C25H26N2O5S/c1-6-30-24(29)21-16(5)26-25-27(22(21)18-9-7-8-10-19(18)31-14(2)3)23(28)20(33-25)13-17-12-11-15(4)32-17/h7-14,22H,6H2,1-5H3/b20-13+/t22-/m1/s1. The Morgan fingerprint density at radius 3 is 2.67 bits per heavy atom. The Labute approximate surface area is 195 Å². The molecule has 0 spiro atoms. The molecule has 3 heterocycles. The third-order valence-electron chi connectivity index (χ3n) is 5.13. The van der Waals surface area contributed by atoms with Crippen LogP contribution in [0.25, 0.3) is 6.08 Å². The Bertz CT molecular complexity index is 1410. The zero-order valence-corrected chi connectivity index (χ0v) is 20.1. The van der Waals surface area contributed by atoms with Crippen molar-refractivity contribution in [2.75, 3.05) is 6.61 Å². The molecule has 0 unspecified atom stereocenters. The van der Waals surface area contributed by atoms with Crippen molar-refractivity contribution in [2.24, 2.45) is 4.99 Å². The van der Waals surface area contributed by atoms with E-state index in [4.69, 9.17) is 13.9 Å². The summed E-state index contributed by atoms with van der Waals surface area (Å²) in [5.74, 6) is 1.44. The largest absolute Gasteiger partial charge is 0.491 e. The molecule has 0 amide bonds. The molecule has 0 saturated heterocycles. The minimum absolute atomic E-state index is 0.0831. The van der Waals surface area contributed by atoms with Gasteiger partial charge in [0, 0.05) is 11.6 Å².